The third-order valence-electron chi connectivity index (χ3n) is 2.40. The van der Waals surface area contributed by atoms with Crippen molar-refractivity contribution in [3.63, 3.8) is 0 Å². The van der Waals surface area contributed by atoms with Crippen LogP contribution in [0.3, 0.4) is 0 Å². The van der Waals surface area contributed by atoms with Crippen LogP contribution in [0.2, 0.25) is 0 Å². The van der Waals surface area contributed by atoms with Crippen LogP contribution >= 0.6 is 12.2 Å². The first-order valence-corrected chi connectivity index (χ1v) is 6.67. The maximum Gasteiger partial charge on any atom is 0.217 e. The van der Waals surface area contributed by atoms with E-state index in [0.717, 1.165) is 0 Å². The van der Waals surface area contributed by atoms with Crippen LogP contribution in [0.4, 0.5) is 0 Å². The number of nitrogens with zero attached hydrogens (tertiary/aromatic N) is 1. The van der Waals surface area contributed by atoms with Crippen molar-refractivity contribution in [1.82, 2.24) is 4.31 Å². The summed E-state index contributed by atoms with van der Waals surface area (Å²) in [5.74, 6) is 0. The van der Waals surface area contributed by atoms with Gasteiger partial charge in [0, 0.05) is 20.3 Å². The number of ether oxygens (including phenoxy) is 1. The fraction of sp³-hybridized carbons (Fsp3) is 0.875. The molecule has 0 spiro atoms. The Kier molecular flexibility index (Phi) is 4.45. The van der Waals surface area contributed by atoms with Crippen molar-refractivity contribution < 1.29 is 13.2 Å². The summed E-state index contributed by atoms with van der Waals surface area (Å²) in [7, 11) is -1.77. The summed E-state index contributed by atoms with van der Waals surface area (Å²) in [5, 5.41) is -0.356. The van der Waals surface area contributed by atoms with Gasteiger partial charge in [-0.05, 0) is 12.8 Å². The molecule has 1 aliphatic rings. The smallest absolute Gasteiger partial charge is 0.217 e. The molecule has 1 saturated heterocycles. The molecule has 7 heteroatoms. The number of hydrogen-bond acceptors (Lipinski definition) is 4. The minimum atomic E-state index is -3.27. The van der Waals surface area contributed by atoms with E-state index in [9.17, 15) is 8.42 Å². The lowest BCUT2D eigenvalue weighted by Crippen LogP contribution is -2.42. The first kappa shape index (κ1) is 12.8. The Hall–Kier alpha value is -0.240. The molecule has 0 aromatic rings. The monoisotopic (exact) mass is 252 g/mol. The Morgan fingerprint density at radius 1 is 1.53 bits per heavy atom. The summed E-state index contributed by atoms with van der Waals surface area (Å²) in [5.41, 5.74) is 5.32. The van der Waals surface area contributed by atoms with Crippen LogP contribution in [0.25, 0.3) is 0 Å². The summed E-state index contributed by atoms with van der Waals surface area (Å²) in [6.45, 7) is 1.12. The fourth-order valence-corrected chi connectivity index (χ4v) is 3.43. The number of rotatable bonds is 4. The summed E-state index contributed by atoms with van der Waals surface area (Å²) in [6, 6.07) is 0. The van der Waals surface area contributed by atoms with Crippen molar-refractivity contribution in [1.29, 1.82) is 0 Å². The minimum Gasteiger partial charge on any atom is -0.392 e. The molecule has 1 fully saturated rings. The average Bonchev–Trinajstić information content (AvgIpc) is 2.18. The normalized spacial score (nSPS) is 19.3. The Morgan fingerprint density at radius 2 is 2.07 bits per heavy atom. The van der Waals surface area contributed by atoms with Crippen LogP contribution in [0.15, 0.2) is 0 Å². The standard InChI is InChI=1S/C8H16N2O3S2/c1-10(6-8(9)14)15(11,12)7-2-4-13-5-3-7/h7H,2-6H2,1H3,(H2,9,14). The van der Waals surface area contributed by atoms with Gasteiger partial charge in [-0.3, -0.25) is 0 Å². The first-order chi connectivity index (χ1) is 6.94. The van der Waals surface area contributed by atoms with Crippen LogP contribution in [-0.4, -0.2) is 49.8 Å². The molecule has 15 heavy (non-hydrogen) atoms. The van der Waals surface area contributed by atoms with Crippen molar-refractivity contribution in [3.05, 3.63) is 0 Å². The van der Waals surface area contributed by atoms with Gasteiger partial charge >= 0.3 is 0 Å². The van der Waals surface area contributed by atoms with Crippen molar-refractivity contribution in [2.45, 2.75) is 18.1 Å². The SMILES string of the molecule is CN(CC(N)=S)S(=O)(=O)C1CCOCC1. The van der Waals surface area contributed by atoms with E-state index in [1.807, 2.05) is 0 Å². The maximum absolute atomic E-state index is 12.0. The minimum absolute atomic E-state index is 0.106. The lowest BCUT2D eigenvalue weighted by molar-refractivity contribution is 0.0975. The van der Waals surface area contributed by atoms with Gasteiger partial charge in [-0.15, -0.1) is 0 Å². The van der Waals surface area contributed by atoms with Crippen molar-refractivity contribution >= 4 is 27.2 Å². The van der Waals surface area contributed by atoms with Gasteiger partial charge in [0.25, 0.3) is 0 Å². The maximum atomic E-state index is 12.0. The third kappa shape index (κ3) is 3.37. The summed E-state index contributed by atoms with van der Waals surface area (Å²) < 4.78 is 30.3. The van der Waals surface area contributed by atoms with Gasteiger partial charge < -0.3 is 10.5 Å². The zero-order valence-corrected chi connectivity index (χ0v) is 10.3. The quantitative estimate of drug-likeness (QED) is 0.696. The number of hydrogen-bond donors (Lipinski definition) is 1. The van der Waals surface area contributed by atoms with E-state index in [2.05, 4.69) is 12.2 Å². The van der Waals surface area contributed by atoms with Crippen LogP contribution in [0.1, 0.15) is 12.8 Å². The van der Waals surface area contributed by atoms with Gasteiger partial charge in [-0.25, -0.2) is 8.42 Å². The molecular formula is C8H16N2O3S2. The highest BCUT2D eigenvalue weighted by Gasteiger charge is 2.31. The highest BCUT2D eigenvalue weighted by molar-refractivity contribution is 7.89. The number of thiocarbonyl (C=S) groups is 1. The van der Waals surface area contributed by atoms with E-state index < -0.39 is 10.0 Å². The van der Waals surface area contributed by atoms with E-state index in [1.54, 1.807) is 0 Å². The van der Waals surface area contributed by atoms with E-state index in [4.69, 9.17) is 10.5 Å². The van der Waals surface area contributed by atoms with Crippen molar-refractivity contribution in [2.75, 3.05) is 26.8 Å². The molecular weight excluding hydrogens is 236 g/mol. The van der Waals surface area contributed by atoms with E-state index in [-0.39, 0.29) is 16.8 Å². The Bertz CT molecular complexity index is 323. The van der Waals surface area contributed by atoms with Crippen LogP contribution in [0, 0.1) is 0 Å². The molecule has 88 valence electrons. The molecule has 0 aromatic heterocycles. The highest BCUT2D eigenvalue weighted by atomic mass is 32.2. The predicted molar refractivity (Wildman–Crippen MR) is 62.2 cm³/mol. The molecule has 0 atom stereocenters. The molecule has 1 rings (SSSR count). The van der Waals surface area contributed by atoms with Gasteiger partial charge in [0.1, 0.15) is 0 Å². The van der Waals surface area contributed by atoms with Gasteiger partial charge in [0.15, 0.2) is 0 Å². The number of likely N-dealkylation sites (N-methyl/N-ethyl adjacent to an activating group) is 1. The molecule has 0 bridgehead atoms. The first-order valence-electron chi connectivity index (χ1n) is 4.76. The van der Waals surface area contributed by atoms with Crippen molar-refractivity contribution in [2.24, 2.45) is 5.73 Å². The second-order valence-corrected chi connectivity index (χ2v) is 6.42. The summed E-state index contributed by atoms with van der Waals surface area (Å²) in [6.07, 6.45) is 1.09. The zero-order valence-electron chi connectivity index (χ0n) is 8.68. The van der Waals surface area contributed by atoms with Crippen LogP contribution < -0.4 is 5.73 Å². The molecule has 0 aliphatic carbocycles. The van der Waals surface area contributed by atoms with E-state index >= 15 is 0 Å². The van der Waals surface area contributed by atoms with E-state index in [1.165, 1.54) is 11.4 Å². The Labute approximate surface area is 95.6 Å². The molecule has 5 nitrogen and oxygen atoms in total. The molecule has 0 aromatic carbocycles. The molecule has 0 radical (unpaired) electrons. The van der Waals surface area contributed by atoms with Gasteiger partial charge in [0.05, 0.1) is 16.8 Å². The molecule has 2 N–H and O–H groups in total. The summed E-state index contributed by atoms with van der Waals surface area (Å²) >= 11 is 4.69. The lowest BCUT2D eigenvalue weighted by atomic mass is 10.2. The van der Waals surface area contributed by atoms with Crippen LogP contribution in [0.5, 0.6) is 0 Å². The topological polar surface area (TPSA) is 72.6 Å². The third-order valence-corrected chi connectivity index (χ3v) is 4.84. The molecule has 0 saturated carbocycles. The van der Waals surface area contributed by atoms with Gasteiger partial charge in [0.2, 0.25) is 10.0 Å². The zero-order chi connectivity index (χ0) is 11.5. The molecule has 0 amide bonds. The lowest BCUT2D eigenvalue weighted by Gasteiger charge is -2.26. The fourth-order valence-electron chi connectivity index (χ4n) is 1.54. The molecule has 1 heterocycles. The molecule has 1 aliphatic heterocycles. The van der Waals surface area contributed by atoms with Gasteiger partial charge in [-0.1, -0.05) is 12.2 Å². The second kappa shape index (κ2) is 5.20. The van der Waals surface area contributed by atoms with E-state index in [0.29, 0.717) is 26.1 Å². The number of sulfonamides is 1. The summed E-state index contributed by atoms with van der Waals surface area (Å²) in [4.78, 5) is 0.188. The molecule has 0 unspecified atom stereocenters. The second-order valence-electron chi connectivity index (χ2n) is 3.58. The van der Waals surface area contributed by atoms with Crippen molar-refractivity contribution in [3.8, 4) is 0 Å². The van der Waals surface area contributed by atoms with Crippen LogP contribution in [-0.2, 0) is 14.8 Å². The number of nitrogens with two attached hydrogens (primary N) is 1. The average molecular weight is 252 g/mol. The Morgan fingerprint density at radius 3 is 2.53 bits per heavy atom. The van der Waals surface area contributed by atoms with Gasteiger partial charge in [-0.2, -0.15) is 4.31 Å². The Balaban J connectivity index is 2.67. The highest BCUT2D eigenvalue weighted by Crippen LogP contribution is 2.18. The predicted octanol–water partition coefficient (Wildman–Crippen LogP) is -0.287. The largest absolute Gasteiger partial charge is 0.392 e.